The van der Waals surface area contributed by atoms with E-state index < -0.39 is 0 Å². The second-order valence-corrected chi connectivity index (χ2v) is 6.26. The first-order valence-corrected chi connectivity index (χ1v) is 6.70. The van der Waals surface area contributed by atoms with Gasteiger partial charge in [-0.1, -0.05) is 24.6 Å². The van der Waals surface area contributed by atoms with Gasteiger partial charge in [0.15, 0.2) is 5.96 Å². The van der Waals surface area contributed by atoms with Crippen molar-refractivity contribution in [2.75, 3.05) is 11.4 Å². The summed E-state index contributed by atoms with van der Waals surface area (Å²) in [6.07, 6.45) is 2.48. The van der Waals surface area contributed by atoms with Crippen LogP contribution < -0.4 is 10.6 Å². The third kappa shape index (κ3) is 1.53. The lowest BCUT2D eigenvalue weighted by Gasteiger charge is -2.41. The summed E-state index contributed by atoms with van der Waals surface area (Å²) in [7, 11) is 0. The maximum absolute atomic E-state index is 6.09. The molecule has 96 valence electrons. The fourth-order valence-corrected chi connectivity index (χ4v) is 3.03. The number of halogens is 1. The summed E-state index contributed by atoms with van der Waals surface area (Å²) in [5, 5.41) is 0.732. The lowest BCUT2D eigenvalue weighted by atomic mass is 9.82. The molecule has 0 amide bonds. The van der Waals surface area contributed by atoms with Crippen LogP contribution in [0, 0.1) is 5.41 Å². The first kappa shape index (κ1) is 11.8. The minimum atomic E-state index is -0.0260. The van der Waals surface area contributed by atoms with Crippen molar-refractivity contribution in [2.24, 2.45) is 16.1 Å². The number of aliphatic imine (C=N–C) groups is 1. The zero-order chi connectivity index (χ0) is 13.0. The zero-order valence-electron chi connectivity index (χ0n) is 10.8. The fourth-order valence-electron chi connectivity index (χ4n) is 2.85. The predicted molar refractivity (Wildman–Crippen MR) is 76.2 cm³/mol. The smallest absolute Gasteiger partial charge is 0.196 e. The van der Waals surface area contributed by atoms with Gasteiger partial charge in [0.2, 0.25) is 0 Å². The highest BCUT2D eigenvalue weighted by Gasteiger charge is 2.58. The lowest BCUT2D eigenvalue weighted by molar-refractivity contribution is 0.318. The quantitative estimate of drug-likeness (QED) is 0.891. The van der Waals surface area contributed by atoms with Gasteiger partial charge in [-0.15, -0.1) is 0 Å². The van der Waals surface area contributed by atoms with Gasteiger partial charge in [-0.3, -0.25) is 4.99 Å². The maximum Gasteiger partial charge on any atom is 0.196 e. The molecular formula is C14H18ClN3. The molecule has 1 atom stereocenters. The molecule has 0 saturated heterocycles. The van der Waals surface area contributed by atoms with Crippen LogP contribution in [0.3, 0.4) is 0 Å². The van der Waals surface area contributed by atoms with Crippen LogP contribution in [-0.4, -0.2) is 18.0 Å². The van der Waals surface area contributed by atoms with Gasteiger partial charge >= 0.3 is 0 Å². The van der Waals surface area contributed by atoms with Gasteiger partial charge in [-0.25, -0.2) is 0 Å². The molecule has 0 spiro atoms. The van der Waals surface area contributed by atoms with Crippen molar-refractivity contribution in [3.05, 3.63) is 29.3 Å². The second kappa shape index (κ2) is 3.64. The van der Waals surface area contributed by atoms with Crippen LogP contribution in [-0.2, 0) is 0 Å². The summed E-state index contributed by atoms with van der Waals surface area (Å²) < 4.78 is 0. The highest BCUT2D eigenvalue weighted by atomic mass is 35.5. The van der Waals surface area contributed by atoms with E-state index in [-0.39, 0.29) is 5.54 Å². The summed E-state index contributed by atoms with van der Waals surface area (Å²) in [6.45, 7) is 5.34. The van der Waals surface area contributed by atoms with Gasteiger partial charge in [0.05, 0.1) is 12.1 Å². The van der Waals surface area contributed by atoms with Gasteiger partial charge in [0, 0.05) is 10.7 Å². The molecule has 3 rings (SSSR count). The predicted octanol–water partition coefficient (Wildman–Crippen LogP) is 3.03. The van der Waals surface area contributed by atoms with E-state index in [1.807, 2.05) is 24.3 Å². The van der Waals surface area contributed by atoms with Crippen LogP contribution >= 0.6 is 11.6 Å². The Labute approximate surface area is 113 Å². The van der Waals surface area contributed by atoms with Crippen LogP contribution in [0.2, 0.25) is 5.02 Å². The average molecular weight is 264 g/mol. The van der Waals surface area contributed by atoms with Crippen LogP contribution in [0.1, 0.15) is 26.7 Å². The second-order valence-electron chi connectivity index (χ2n) is 5.82. The monoisotopic (exact) mass is 263 g/mol. The van der Waals surface area contributed by atoms with Crippen molar-refractivity contribution >= 4 is 23.2 Å². The standard InChI is InChI=1S/C14H18ClN3/c1-13(6-7-13)14(2)9-17-12(16)18(14)11-5-3-4-10(15)8-11/h3-5,8H,6-7,9H2,1-2H3,(H2,16,17). The number of anilines is 1. The molecule has 1 heterocycles. The molecule has 1 aromatic rings. The van der Waals surface area contributed by atoms with Gasteiger partial charge in [0.25, 0.3) is 0 Å². The van der Waals surface area contributed by atoms with Gasteiger partial charge < -0.3 is 10.6 Å². The molecule has 1 fully saturated rings. The average Bonchev–Trinajstić information content (AvgIpc) is 2.99. The Morgan fingerprint density at radius 2 is 2.06 bits per heavy atom. The summed E-state index contributed by atoms with van der Waals surface area (Å²) in [5.74, 6) is 0.605. The molecule has 1 aliphatic heterocycles. The van der Waals surface area contributed by atoms with E-state index in [9.17, 15) is 0 Å². The van der Waals surface area contributed by atoms with E-state index in [1.165, 1.54) is 12.8 Å². The first-order valence-electron chi connectivity index (χ1n) is 6.32. The molecule has 4 heteroatoms. The van der Waals surface area contributed by atoms with Crippen LogP contribution in [0.5, 0.6) is 0 Å². The number of hydrogen-bond acceptors (Lipinski definition) is 3. The van der Waals surface area contributed by atoms with E-state index in [0.29, 0.717) is 11.4 Å². The number of benzene rings is 1. The Kier molecular flexibility index (Phi) is 2.39. The van der Waals surface area contributed by atoms with Crippen molar-refractivity contribution < 1.29 is 0 Å². The molecule has 1 unspecified atom stereocenters. The highest BCUT2D eigenvalue weighted by Crippen LogP contribution is 2.57. The minimum absolute atomic E-state index is 0.0260. The highest BCUT2D eigenvalue weighted by molar-refractivity contribution is 6.31. The summed E-state index contributed by atoms with van der Waals surface area (Å²) in [6, 6.07) is 7.84. The van der Waals surface area contributed by atoms with E-state index >= 15 is 0 Å². The van der Waals surface area contributed by atoms with E-state index in [4.69, 9.17) is 17.3 Å². The van der Waals surface area contributed by atoms with Crippen molar-refractivity contribution in [3.8, 4) is 0 Å². The molecule has 0 aromatic heterocycles. The Bertz CT molecular complexity index is 522. The molecule has 0 bridgehead atoms. The summed E-state index contributed by atoms with van der Waals surface area (Å²) in [5.41, 5.74) is 7.41. The minimum Gasteiger partial charge on any atom is -0.369 e. The summed E-state index contributed by atoms with van der Waals surface area (Å²) in [4.78, 5) is 6.62. The van der Waals surface area contributed by atoms with E-state index in [1.54, 1.807) is 0 Å². The van der Waals surface area contributed by atoms with Crippen molar-refractivity contribution in [3.63, 3.8) is 0 Å². The number of rotatable bonds is 2. The molecule has 0 radical (unpaired) electrons. The molecule has 1 aromatic carbocycles. The van der Waals surface area contributed by atoms with Crippen molar-refractivity contribution in [1.29, 1.82) is 0 Å². The molecule has 2 aliphatic rings. The first-order chi connectivity index (χ1) is 8.46. The SMILES string of the molecule is CC1(C2(C)CN=C(N)N2c2cccc(Cl)c2)CC1. The third-order valence-corrected chi connectivity index (χ3v) is 4.87. The maximum atomic E-state index is 6.09. The lowest BCUT2D eigenvalue weighted by Crippen LogP contribution is -2.55. The topological polar surface area (TPSA) is 41.6 Å². The van der Waals surface area contributed by atoms with Gasteiger partial charge in [-0.05, 0) is 43.4 Å². The third-order valence-electron chi connectivity index (χ3n) is 4.64. The van der Waals surface area contributed by atoms with Crippen molar-refractivity contribution in [2.45, 2.75) is 32.2 Å². The molecule has 1 saturated carbocycles. The molecule has 3 nitrogen and oxygen atoms in total. The fraction of sp³-hybridized carbons (Fsp3) is 0.500. The largest absolute Gasteiger partial charge is 0.369 e. The Morgan fingerprint density at radius 3 is 2.67 bits per heavy atom. The zero-order valence-corrected chi connectivity index (χ0v) is 11.5. The van der Waals surface area contributed by atoms with Crippen LogP contribution in [0.15, 0.2) is 29.3 Å². The normalized spacial score (nSPS) is 29.3. The molecule has 18 heavy (non-hydrogen) atoms. The van der Waals surface area contributed by atoms with Crippen LogP contribution in [0.4, 0.5) is 5.69 Å². The number of nitrogens with two attached hydrogens (primary N) is 1. The van der Waals surface area contributed by atoms with Crippen molar-refractivity contribution in [1.82, 2.24) is 0 Å². The molecule has 1 aliphatic carbocycles. The van der Waals surface area contributed by atoms with Gasteiger partial charge in [0.1, 0.15) is 0 Å². The Hall–Kier alpha value is -1.22. The number of nitrogens with zero attached hydrogens (tertiary/aromatic N) is 2. The number of hydrogen-bond donors (Lipinski definition) is 1. The van der Waals surface area contributed by atoms with E-state index in [0.717, 1.165) is 17.3 Å². The Morgan fingerprint density at radius 1 is 1.33 bits per heavy atom. The van der Waals surface area contributed by atoms with Gasteiger partial charge in [-0.2, -0.15) is 0 Å². The Balaban J connectivity index is 2.05. The number of guanidine groups is 1. The molecule has 2 N–H and O–H groups in total. The summed E-state index contributed by atoms with van der Waals surface area (Å²) >= 11 is 6.09. The van der Waals surface area contributed by atoms with E-state index in [2.05, 4.69) is 23.7 Å². The molecular weight excluding hydrogens is 246 g/mol. The van der Waals surface area contributed by atoms with Crippen LogP contribution in [0.25, 0.3) is 0 Å².